The number of halogens is 1. The molecule has 1 fully saturated rings. The lowest BCUT2D eigenvalue weighted by atomic mass is 10.1. The van der Waals surface area contributed by atoms with E-state index in [4.69, 9.17) is 28.6 Å². The number of hydrogen-bond acceptors (Lipinski definition) is 4. The second kappa shape index (κ2) is 9.47. The van der Waals surface area contributed by atoms with Crippen LogP contribution in [-0.2, 0) is 17.9 Å². The molecule has 0 aromatic heterocycles. The quantitative estimate of drug-likeness (QED) is 0.324. The molecule has 1 aliphatic heterocycles. The standard InChI is InChI=1S/C24H18ClNO2S2/c25-20-12-6-4-11-19(20)16-28-21-13-7-5-10-18(21)14-22-23(27)26(24(29)30-22)15-17-8-2-1-3-9-17/h1-14H,15-16H2/b22-14+. The van der Waals surface area contributed by atoms with E-state index in [1.54, 1.807) is 4.90 Å². The molecule has 150 valence electrons. The van der Waals surface area contributed by atoms with Crippen molar-refractivity contribution in [2.75, 3.05) is 0 Å². The highest BCUT2D eigenvalue weighted by Crippen LogP contribution is 2.35. The Morgan fingerprint density at radius 1 is 0.967 bits per heavy atom. The summed E-state index contributed by atoms with van der Waals surface area (Å²) >= 11 is 13.0. The molecule has 0 N–H and O–H groups in total. The van der Waals surface area contributed by atoms with Gasteiger partial charge >= 0.3 is 0 Å². The molecule has 1 heterocycles. The summed E-state index contributed by atoms with van der Waals surface area (Å²) in [5, 5.41) is 0.664. The number of carbonyl (C=O) groups excluding carboxylic acids is 1. The Balaban J connectivity index is 1.53. The molecule has 0 aliphatic carbocycles. The third-order valence-electron chi connectivity index (χ3n) is 4.60. The zero-order valence-electron chi connectivity index (χ0n) is 16.0. The molecule has 30 heavy (non-hydrogen) atoms. The van der Waals surface area contributed by atoms with Gasteiger partial charge in [-0.3, -0.25) is 9.69 Å². The first-order valence-electron chi connectivity index (χ1n) is 9.36. The summed E-state index contributed by atoms with van der Waals surface area (Å²) in [6.45, 7) is 0.812. The zero-order valence-corrected chi connectivity index (χ0v) is 18.3. The summed E-state index contributed by atoms with van der Waals surface area (Å²) in [5.74, 6) is 0.598. The van der Waals surface area contributed by atoms with E-state index in [0.29, 0.717) is 33.1 Å². The van der Waals surface area contributed by atoms with Crippen LogP contribution in [0.25, 0.3) is 6.08 Å². The molecule has 4 rings (SSSR count). The largest absolute Gasteiger partial charge is 0.488 e. The third-order valence-corrected chi connectivity index (χ3v) is 6.35. The maximum absolute atomic E-state index is 13.0. The highest BCUT2D eigenvalue weighted by atomic mass is 35.5. The molecule has 0 spiro atoms. The minimum absolute atomic E-state index is 0.0882. The van der Waals surface area contributed by atoms with Crippen molar-refractivity contribution in [1.82, 2.24) is 4.90 Å². The smallest absolute Gasteiger partial charge is 0.266 e. The average Bonchev–Trinajstić information content (AvgIpc) is 3.02. The lowest BCUT2D eigenvalue weighted by Gasteiger charge is -2.14. The minimum Gasteiger partial charge on any atom is -0.488 e. The van der Waals surface area contributed by atoms with Gasteiger partial charge in [0, 0.05) is 16.1 Å². The zero-order chi connectivity index (χ0) is 20.9. The highest BCUT2D eigenvalue weighted by molar-refractivity contribution is 8.26. The number of hydrogen-bond donors (Lipinski definition) is 0. The number of carbonyl (C=O) groups is 1. The SMILES string of the molecule is O=C1/C(=C\c2ccccc2OCc2ccccc2Cl)SC(=S)N1Cc1ccccc1. The van der Waals surface area contributed by atoms with Gasteiger partial charge < -0.3 is 4.74 Å². The highest BCUT2D eigenvalue weighted by Gasteiger charge is 2.32. The first-order chi connectivity index (χ1) is 14.6. The molecule has 1 amide bonds. The van der Waals surface area contributed by atoms with Crippen molar-refractivity contribution in [2.24, 2.45) is 0 Å². The Hall–Kier alpha value is -2.60. The van der Waals surface area contributed by atoms with Crippen LogP contribution in [0.1, 0.15) is 16.7 Å². The van der Waals surface area contributed by atoms with Gasteiger partial charge in [0.15, 0.2) is 0 Å². The van der Waals surface area contributed by atoms with Crippen LogP contribution in [0.2, 0.25) is 5.02 Å². The Labute approximate surface area is 190 Å². The van der Waals surface area contributed by atoms with Crippen LogP contribution in [0.15, 0.2) is 83.8 Å². The third kappa shape index (κ3) is 4.75. The lowest BCUT2D eigenvalue weighted by Crippen LogP contribution is -2.27. The normalized spacial score (nSPS) is 15.1. The van der Waals surface area contributed by atoms with Gasteiger partial charge in [0.05, 0.1) is 11.4 Å². The Morgan fingerprint density at radius 2 is 1.67 bits per heavy atom. The molecular formula is C24H18ClNO2S2. The van der Waals surface area contributed by atoms with E-state index in [9.17, 15) is 4.79 Å². The molecule has 1 saturated heterocycles. The van der Waals surface area contributed by atoms with E-state index >= 15 is 0 Å². The van der Waals surface area contributed by atoms with Gasteiger partial charge in [0.25, 0.3) is 5.91 Å². The molecule has 6 heteroatoms. The number of thioether (sulfide) groups is 1. The van der Waals surface area contributed by atoms with Gasteiger partial charge in [0.1, 0.15) is 16.7 Å². The molecule has 0 saturated carbocycles. The van der Waals surface area contributed by atoms with Gasteiger partial charge in [-0.2, -0.15) is 0 Å². The fraction of sp³-hybridized carbons (Fsp3) is 0.0833. The first kappa shape index (κ1) is 20.7. The van der Waals surface area contributed by atoms with Crippen molar-refractivity contribution < 1.29 is 9.53 Å². The van der Waals surface area contributed by atoms with Crippen molar-refractivity contribution in [1.29, 1.82) is 0 Å². The van der Waals surface area contributed by atoms with Gasteiger partial charge in [-0.25, -0.2) is 0 Å². The van der Waals surface area contributed by atoms with Crippen LogP contribution in [-0.4, -0.2) is 15.1 Å². The van der Waals surface area contributed by atoms with Crippen LogP contribution in [0.3, 0.4) is 0 Å². The van der Waals surface area contributed by atoms with E-state index in [1.165, 1.54) is 11.8 Å². The minimum atomic E-state index is -0.0882. The van der Waals surface area contributed by atoms with Crippen LogP contribution in [0.4, 0.5) is 0 Å². The molecule has 0 bridgehead atoms. The number of amides is 1. The van der Waals surface area contributed by atoms with Crippen LogP contribution >= 0.6 is 35.6 Å². The molecule has 3 nitrogen and oxygen atoms in total. The van der Waals surface area contributed by atoms with Crippen LogP contribution < -0.4 is 4.74 Å². The topological polar surface area (TPSA) is 29.5 Å². The van der Waals surface area contributed by atoms with E-state index in [-0.39, 0.29) is 5.91 Å². The lowest BCUT2D eigenvalue weighted by molar-refractivity contribution is -0.122. The fourth-order valence-electron chi connectivity index (χ4n) is 3.05. The number of benzene rings is 3. The first-order valence-corrected chi connectivity index (χ1v) is 11.0. The van der Waals surface area contributed by atoms with Crippen molar-refractivity contribution in [3.8, 4) is 5.75 Å². The second-order valence-corrected chi connectivity index (χ2v) is 8.75. The van der Waals surface area contributed by atoms with Gasteiger partial charge in [-0.05, 0) is 23.8 Å². The maximum Gasteiger partial charge on any atom is 0.266 e. The average molecular weight is 452 g/mol. The van der Waals surface area contributed by atoms with Crippen molar-refractivity contribution in [3.63, 3.8) is 0 Å². The summed E-state index contributed by atoms with van der Waals surface area (Å²) < 4.78 is 6.56. The molecule has 0 unspecified atom stereocenters. The number of para-hydroxylation sites is 1. The molecule has 3 aromatic carbocycles. The monoisotopic (exact) mass is 451 g/mol. The van der Waals surface area contributed by atoms with Gasteiger partial charge in [-0.1, -0.05) is 102 Å². The van der Waals surface area contributed by atoms with E-state index in [1.807, 2.05) is 84.9 Å². The van der Waals surface area contributed by atoms with Gasteiger partial charge in [0.2, 0.25) is 0 Å². The van der Waals surface area contributed by atoms with Crippen molar-refractivity contribution >= 4 is 51.9 Å². The summed E-state index contributed by atoms with van der Waals surface area (Å²) in [5.41, 5.74) is 2.77. The summed E-state index contributed by atoms with van der Waals surface area (Å²) in [6, 6.07) is 25.0. The number of rotatable bonds is 6. The summed E-state index contributed by atoms with van der Waals surface area (Å²) in [6.07, 6.45) is 1.84. The molecule has 3 aromatic rings. The number of thiocarbonyl (C=S) groups is 1. The second-order valence-electron chi connectivity index (χ2n) is 6.67. The molecule has 1 aliphatic rings. The van der Waals surface area contributed by atoms with E-state index in [0.717, 1.165) is 16.7 Å². The Morgan fingerprint density at radius 3 is 2.47 bits per heavy atom. The maximum atomic E-state index is 13.0. The Kier molecular flexibility index (Phi) is 6.53. The number of nitrogens with zero attached hydrogens (tertiary/aromatic N) is 1. The molecular weight excluding hydrogens is 434 g/mol. The van der Waals surface area contributed by atoms with E-state index in [2.05, 4.69) is 0 Å². The fourth-order valence-corrected chi connectivity index (χ4v) is 4.48. The van der Waals surface area contributed by atoms with Crippen LogP contribution in [0.5, 0.6) is 5.75 Å². The van der Waals surface area contributed by atoms with Crippen molar-refractivity contribution in [2.45, 2.75) is 13.2 Å². The Bertz CT molecular complexity index is 1110. The predicted molar refractivity (Wildman–Crippen MR) is 127 cm³/mol. The van der Waals surface area contributed by atoms with E-state index < -0.39 is 0 Å². The van der Waals surface area contributed by atoms with Crippen molar-refractivity contribution in [3.05, 3.63) is 105 Å². The summed E-state index contributed by atoms with van der Waals surface area (Å²) in [4.78, 5) is 15.2. The van der Waals surface area contributed by atoms with Crippen LogP contribution in [0, 0.1) is 0 Å². The molecule has 0 atom stereocenters. The molecule has 0 radical (unpaired) electrons. The predicted octanol–water partition coefficient (Wildman–Crippen LogP) is 6.32. The summed E-state index contributed by atoms with van der Waals surface area (Å²) in [7, 11) is 0. The van der Waals surface area contributed by atoms with Gasteiger partial charge in [-0.15, -0.1) is 0 Å². The number of ether oxygens (including phenoxy) is 1.